The zero-order valence-corrected chi connectivity index (χ0v) is 15.3. The fourth-order valence-corrected chi connectivity index (χ4v) is 5.02. The summed E-state index contributed by atoms with van der Waals surface area (Å²) in [6.45, 7) is 2.20. The SMILES string of the molecule is NC[C@@H]1CN(C(=O)C2(c3ccccc3)CCCC2)C[C@H]1c1ccccc1. The first-order valence-electron chi connectivity index (χ1n) is 9.84. The highest BCUT2D eigenvalue weighted by atomic mass is 16.2. The quantitative estimate of drug-likeness (QED) is 0.916. The summed E-state index contributed by atoms with van der Waals surface area (Å²) >= 11 is 0. The van der Waals surface area contributed by atoms with Gasteiger partial charge in [-0.05, 0) is 36.4 Å². The van der Waals surface area contributed by atoms with Crippen LogP contribution >= 0.6 is 0 Å². The second kappa shape index (κ2) is 7.24. The number of nitrogens with zero attached hydrogens (tertiary/aromatic N) is 1. The van der Waals surface area contributed by atoms with Crippen LogP contribution in [0.5, 0.6) is 0 Å². The van der Waals surface area contributed by atoms with Gasteiger partial charge in [0.05, 0.1) is 5.41 Å². The van der Waals surface area contributed by atoms with E-state index in [1.807, 2.05) is 12.1 Å². The molecule has 2 aromatic rings. The monoisotopic (exact) mass is 348 g/mol. The molecule has 136 valence electrons. The van der Waals surface area contributed by atoms with Crippen molar-refractivity contribution in [1.29, 1.82) is 0 Å². The van der Waals surface area contributed by atoms with Crippen LogP contribution < -0.4 is 5.73 Å². The summed E-state index contributed by atoms with van der Waals surface area (Å²) in [4.78, 5) is 15.8. The molecule has 3 heteroatoms. The van der Waals surface area contributed by atoms with Gasteiger partial charge in [0.15, 0.2) is 0 Å². The molecule has 0 spiro atoms. The van der Waals surface area contributed by atoms with Crippen LogP contribution in [0.25, 0.3) is 0 Å². The molecule has 2 atom stereocenters. The maximum absolute atomic E-state index is 13.7. The van der Waals surface area contributed by atoms with E-state index < -0.39 is 0 Å². The molecule has 1 heterocycles. The van der Waals surface area contributed by atoms with E-state index in [0.29, 0.717) is 24.3 Å². The highest BCUT2D eigenvalue weighted by Crippen LogP contribution is 2.44. The second-order valence-electron chi connectivity index (χ2n) is 7.88. The molecule has 2 fully saturated rings. The van der Waals surface area contributed by atoms with Crippen LogP contribution in [0.3, 0.4) is 0 Å². The van der Waals surface area contributed by atoms with Gasteiger partial charge in [-0.25, -0.2) is 0 Å². The number of hydrogen-bond donors (Lipinski definition) is 1. The standard InChI is InChI=1S/C23H28N2O/c24-15-19-16-25(17-21(19)18-9-3-1-4-10-18)22(26)23(13-7-8-14-23)20-11-5-2-6-12-20/h1-6,9-12,19,21H,7-8,13-17,24H2/t19-,21+/m1/s1. The van der Waals surface area contributed by atoms with Crippen LogP contribution in [-0.2, 0) is 10.2 Å². The number of carbonyl (C=O) groups is 1. The van der Waals surface area contributed by atoms with Crippen molar-refractivity contribution >= 4 is 5.91 Å². The molecule has 2 aromatic carbocycles. The minimum atomic E-state index is -0.327. The number of nitrogens with two attached hydrogens (primary N) is 1. The van der Waals surface area contributed by atoms with Crippen LogP contribution in [0.4, 0.5) is 0 Å². The molecule has 0 radical (unpaired) electrons. The van der Waals surface area contributed by atoms with Crippen molar-refractivity contribution < 1.29 is 4.79 Å². The molecule has 1 amide bonds. The molecule has 1 saturated heterocycles. The Hall–Kier alpha value is -2.13. The van der Waals surface area contributed by atoms with Gasteiger partial charge in [-0.2, -0.15) is 0 Å². The first-order chi connectivity index (χ1) is 12.7. The van der Waals surface area contributed by atoms with Crippen LogP contribution in [0.1, 0.15) is 42.7 Å². The first-order valence-corrected chi connectivity index (χ1v) is 9.84. The van der Waals surface area contributed by atoms with Gasteiger partial charge in [-0.15, -0.1) is 0 Å². The highest BCUT2D eigenvalue weighted by molar-refractivity contribution is 5.89. The topological polar surface area (TPSA) is 46.3 Å². The smallest absolute Gasteiger partial charge is 0.233 e. The van der Waals surface area contributed by atoms with Gasteiger partial charge in [0.25, 0.3) is 0 Å². The molecule has 26 heavy (non-hydrogen) atoms. The van der Waals surface area contributed by atoms with Crippen molar-refractivity contribution in [1.82, 2.24) is 4.90 Å². The van der Waals surface area contributed by atoms with Crippen molar-refractivity contribution in [2.75, 3.05) is 19.6 Å². The zero-order valence-electron chi connectivity index (χ0n) is 15.3. The minimum Gasteiger partial charge on any atom is -0.341 e. The summed E-state index contributed by atoms with van der Waals surface area (Å²) in [6, 6.07) is 21.0. The molecule has 1 aliphatic carbocycles. The van der Waals surface area contributed by atoms with Gasteiger partial charge >= 0.3 is 0 Å². The van der Waals surface area contributed by atoms with E-state index in [4.69, 9.17) is 5.73 Å². The summed E-state index contributed by atoms with van der Waals surface area (Å²) < 4.78 is 0. The molecule has 0 bridgehead atoms. The molecule has 2 aliphatic rings. The summed E-state index contributed by atoms with van der Waals surface area (Å²) in [5, 5.41) is 0. The Bertz CT molecular complexity index is 737. The predicted octanol–water partition coefficient (Wildman–Crippen LogP) is 3.70. The van der Waals surface area contributed by atoms with E-state index in [1.54, 1.807) is 0 Å². The van der Waals surface area contributed by atoms with Crippen molar-refractivity contribution in [3.8, 4) is 0 Å². The van der Waals surface area contributed by atoms with Crippen LogP contribution in [0, 0.1) is 5.92 Å². The van der Waals surface area contributed by atoms with Crippen LogP contribution in [-0.4, -0.2) is 30.4 Å². The number of amides is 1. The molecular formula is C23H28N2O. The Labute approximate surface area is 156 Å². The van der Waals surface area contributed by atoms with Crippen molar-refractivity contribution in [2.45, 2.75) is 37.0 Å². The lowest BCUT2D eigenvalue weighted by molar-refractivity contribution is -0.136. The third-order valence-electron chi connectivity index (χ3n) is 6.45. The molecule has 3 nitrogen and oxygen atoms in total. The number of carbonyl (C=O) groups excluding carboxylic acids is 1. The van der Waals surface area contributed by atoms with E-state index in [2.05, 4.69) is 53.4 Å². The first kappa shape index (κ1) is 17.3. The van der Waals surface area contributed by atoms with E-state index in [9.17, 15) is 4.79 Å². The van der Waals surface area contributed by atoms with E-state index in [1.165, 1.54) is 11.1 Å². The Morgan fingerprint density at radius 3 is 2.19 bits per heavy atom. The summed E-state index contributed by atoms with van der Waals surface area (Å²) in [5.41, 5.74) is 8.25. The molecular weight excluding hydrogens is 320 g/mol. The maximum atomic E-state index is 13.7. The summed E-state index contributed by atoms with van der Waals surface area (Å²) in [7, 11) is 0. The minimum absolute atomic E-state index is 0.318. The third-order valence-corrected chi connectivity index (χ3v) is 6.45. The Morgan fingerprint density at radius 1 is 0.962 bits per heavy atom. The van der Waals surface area contributed by atoms with E-state index >= 15 is 0 Å². The third kappa shape index (κ3) is 2.95. The van der Waals surface area contributed by atoms with Gasteiger partial charge in [-0.1, -0.05) is 73.5 Å². The second-order valence-corrected chi connectivity index (χ2v) is 7.88. The Kier molecular flexibility index (Phi) is 4.82. The normalized spacial score (nSPS) is 24.7. The number of benzene rings is 2. The number of hydrogen-bond acceptors (Lipinski definition) is 2. The van der Waals surface area contributed by atoms with Crippen molar-refractivity contribution in [3.05, 3.63) is 71.8 Å². The average Bonchev–Trinajstić information content (AvgIpc) is 3.37. The van der Waals surface area contributed by atoms with Crippen LogP contribution in [0.15, 0.2) is 60.7 Å². The van der Waals surface area contributed by atoms with Gasteiger partial charge < -0.3 is 10.6 Å². The number of rotatable bonds is 4. The Balaban J connectivity index is 1.61. The Morgan fingerprint density at radius 2 is 1.58 bits per heavy atom. The maximum Gasteiger partial charge on any atom is 0.233 e. The molecule has 0 aromatic heterocycles. The molecule has 0 unspecified atom stereocenters. The summed E-state index contributed by atoms with van der Waals surface area (Å²) in [5.74, 6) is 1.01. The van der Waals surface area contributed by atoms with Gasteiger partial charge in [0.1, 0.15) is 0 Å². The molecule has 1 saturated carbocycles. The predicted molar refractivity (Wildman–Crippen MR) is 105 cm³/mol. The lowest BCUT2D eigenvalue weighted by Gasteiger charge is -2.33. The lowest BCUT2D eigenvalue weighted by Crippen LogP contribution is -2.44. The van der Waals surface area contributed by atoms with E-state index in [-0.39, 0.29) is 5.41 Å². The molecule has 2 N–H and O–H groups in total. The molecule has 4 rings (SSSR count). The highest BCUT2D eigenvalue weighted by Gasteiger charge is 2.47. The van der Waals surface area contributed by atoms with Crippen molar-refractivity contribution in [2.24, 2.45) is 11.7 Å². The molecule has 1 aliphatic heterocycles. The van der Waals surface area contributed by atoms with Gasteiger partial charge in [-0.3, -0.25) is 4.79 Å². The fraction of sp³-hybridized carbons (Fsp3) is 0.435. The largest absolute Gasteiger partial charge is 0.341 e. The summed E-state index contributed by atoms with van der Waals surface area (Å²) in [6.07, 6.45) is 4.21. The van der Waals surface area contributed by atoms with Crippen molar-refractivity contribution in [3.63, 3.8) is 0 Å². The van der Waals surface area contributed by atoms with Crippen LogP contribution in [0.2, 0.25) is 0 Å². The van der Waals surface area contributed by atoms with E-state index in [0.717, 1.165) is 38.8 Å². The zero-order chi connectivity index (χ0) is 18.0. The van der Waals surface area contributed by atoms with Gasteiger partial charge in [0.2, 0.25) is 5.91 Å². The number of likely N-dealkylation sites (tertiary alicyclic amines) is 1. The lowest BCUT2D eigenvalue weighted by atomic mass is 9.77. The average molecular weight is 348 g/mol. The van der Waals surface area contributed by atoms with Gasteiger partial charge in [0, 0.05) is 19.0 Å². The fourth-order valence-electron chi connectivity index (χ4n) is 5.02.